The minimum Gasteiger partial charge on any atom is -0.353 e. The SMILES string of the molecule is Cn1cc(-c2cn3ncc(C#N)c3c(-c3ccc(N4CCN(C(=O)C5CNC[C@H]5c5ccccc5)CC4)nc3)n2)cn1. The van der Waals surface area contributed by atoms with Crippen LogP contribution in [0.25, 0.3) is 28.0 Å². The number of rotatable bonds is 5. The molecule has 2 fully saturated rings. The molecular formula is C31H30N10O. The van der Waals surface area contributed by atoms with E-state index in [4.69, 9.17) is 9.97 Å². The van der Waals surface area contributed by atoms with Gasteiger partial charge in [0.2, 0.25) is 5.91 Å². The lowest BCUT2D eigenvalue weighted by Gasteiger charge is -2.37. The van der Waals surface area contributed by atoms with E-state index < -0.39 is 0 Å². The Morgan fingerprint density at radius 2 is 1.79 bits per heavy atom. The first-order valence-electron chi connectivity index (χ1n) is 14.1. The molecule has 6 heterocycles. The van der Waals surface area contributed by atoms with E-state index in [2.05, 4.69) is 38.6 Å². The largest absolute Gasteiger partial charge is 0.353 e. The van der Waals surface area contributed by atoms with Crippen LogP contribution in [0.1, 0.15) is 17.0 Å². The number of carbonyl (C=O) groups excluding carboxylic acids is 1. The van der Waals surface area contributed by atoms with Crippen molar-refractivity contribution in [3.8, 4) is 28.6 Å². The van der Waals surface area contributed by atoms with Gasteiger partial charge in [-0.15, -0.1) is 0 Å². The fourth-order valence-electron chi connectivity index (χ4n) is 6.08. The summed E-state index contributed by atoms with van der Waals surface area (Å²) in [5.41, 5.74) is 5.30. The fraction of sp³-hybridized carbons (Fsp3) is 0.290. The van der Waals surface area contributed by atoms with E-state index in [-0.39, 0.29) is 17.7 Å². The number of amides is 1. The molecule has 1 amide bonds. The number of hydrogen-bond acceptors (Lipinski definition) is 8. The van der Waals surface area contributed by atoms with Crippen molar-refractivity contribution in [1.82, 2.24) is 39.6 Å². The summed E-state index contributed by atoms with van der Waals surface area (Å²) < 4.78 is 3.41. The molecule has 0 saturated carbocycles. The smallest absolute Gasteiger partial charge is 0.227 e. The maximum atomic E-state index is 13.5. The molecule has 2 atom stereocenters. The van der Waals surface area contributed by atoms with Crippen LogP contribution in [0, 0.1) is 17.2 Å². The molecular weight excluding hydrogens is 528 g/mol. The number of pyridine rings is 1. The number of piperazine rings is 1. The second kappa shape index (κ2) is 10.7. The van der Waals surface area contributed by atoms with Gasteiger partial charge in [-0.3, -0.25) is 9.48 Å². The molecule has 2 aliphatic rings. The number of carbonyl (C=O) groups is 1. The van der Waals surface area contributed by atoms with Crippen LogP contribution < -0.4 is 10.2 Å². The maximum Gasteiger partial charge on any atom is 0.227 e. The van der Waals surface area contributed by atoms with Crippen molar-refractivity contribution >= 4 is 17.2 Å². The van der Waals surface area contributed by atoms with Gasteiger partial charge in [0.15, 0.2) is 0 Å². The third-order valence-corrected chi connectivity index (χ3v) is 8.31. The Bertz CT molecular complexity index is 1780. The Hall–Kier alpha value is -5.08. The zero-order valence-electron chi connectivity index (χ0n) is 23.3. The van der Waals surface area contributed by atoms with Gasteiger partial charge in [0.25, 0.3) is 0 Å². The molecule has 1 unspecified atom stereocenters. The normalized spacial score (nSPS) is 18.9. The molecule has 1 N–H and O–H groups in total. The summed E-state index contributed by atoms with van der Waals surface area (Å²) in [5, 5.41) is 21.8. The van der Waals surface area contributed by atoms with Crippen molar-refractivity contribution < 1.29 is 4.79 Å². The van der Waals surface area contributed by atoms with E-state index in [0.717, 1.165) is 30.0 Å². The van der Waals surface area contributed by atoms with Gasteiger partial charge in [-0.1, -0.05) is 30.3 Å². The molecule has 0 aliphatic carbocycles. The average Bonchev–Trinajstić information content (AvgIpc) is 3.81. The lowest BCUT2D eigenvalue weighted by molar-refractivity contribution is -0.135. The molecule has 7 rings (SSSR count). The lowest BCUT2D eigenvalue weighted by atomic mass is 9.88. The highest BCUT2D eigenvalue weighted by molar-refractivity contribution is 5.83. The van der Waals surface area contributed by atoms with Crippen LogP contribution in [0.5, 0.6) is 0 Å². The maximum absolute atomic E-state index is 13.5. The Morgan fingerprint density at radius 1 is 0.952 bits per heavy atom. The van der Waals surface area contributed by atoms with Crippen LogP contribution in [-0.2, 0) is 11.8 Å². The van der Waals surface area contributed by atoms with Gasteiger partial charge in [0, 0.05) is 75.8 Å². The molecule has 1 aromatic carbocycles. The molecule has 11 heteroatoms. The fourth-order valence-corrected chi connectivity index (χ4v) is 6.08. The highest BCUT2D eigenvalue weighted by Crippen LogP contribution is 2.31. The van der Waals surface area contributed by atoms with E-state index in [0.29, 0.717) is 48.6 Å². The summed E-state index contributed by atoms with van der Waals surface area (Å²) in [5.74, 6) is 1.25. The molecule has 2 saturated heterocycles. The molecule has 0 spiro atoms. The molecule has 5 aromatic rings. The van der Waals surface area contributed by atoms with Crippen LogP contribution in [0.15, 0.2) is 73.4 Å². The number of benzene rings is 1. The van der Waals surface area contributed by atoms with Crippen LogP contribution in [0.4, 0.5) is 5.82 Å². The molecule has 42 heavy (non-hydrogen) atoms. The zero-order valence-corrected chi connectivity index (χ0v) is 23.3. The monoisotopic (exact) mass is 558 g/mol. The number of anilines is 1. The van der Waals surface area contributed by atoms with E-state index >= 15 is 0 Å². The Labute approximate surface area is 243 Å². The molecule has 210 valence electrons. The predicted molar refractivity (Wildman–Crippen MR) is 157 cm³/mol. The van der Waals surface area contributed by atoms with Gasteiger partial charge in [0.1, 0.15) is 23.0 Å². The topological polar surface area (TPSA) is 120 Å². The Balaban J connectivity index is 1.08. The number of nitriles is 1. The highest BCUT2D eigenvalue weighted by Gasteiger charge is 2.37. The number of fused-ring (bicyclic) bond motifs is 1. The first kappa shape index (κ1) is 25.9. The van der Waals surface area contributed by atoms with Gasteiger partial charge in [-0.2, -0.15) is 15.5 Å². The van der Waals surface area contributed by atoms with Gasteiger partial charge in [0.05, 0.1) is 35.9 Å². The Morgan fingerprint density at radius 3 is 2.50 bits per heavy atom. The number of hydrogen-bond donors (Lipinski definition) is 1. The van der Waals surface area contributed by atoms with Crippen LogP contribution >= 0.6 is 0 Å². The quantitative estimate of drug-likeness (QED) is 0.350. The minimum atomic E-state index is -0.0371. The predicted octanol–water partition coefficient (Wildman–Crippen LogP) is 2.72. The lowest BCUT2D eigenvalue weighted by Crippen LogP contribution is -2.51. The molecule has 0 radical (unpaired) electrons. The number of nitrogens with zero attached hydrogens (tertiary/aromatic N) is 9. The van der Waals surface area contributed by atoms with Crippen LogP contribution in [0.2, 0.25) is 0 Å². The summed E-state index contributed by atoms with van der Waals surface area (Å²) in [6.07, 6.45) is 8.81. The van der Waals surface area contributed by atoms with Crippen molar-refractivity contribution in [3.05, 3.63) is 84.6 Å². The summed E-state index contributed by atoms with van der Waals surface area (Å²) in [6.45, 7) is 4.31. The third-order valence-electron chi connectivity index (χ3n) is 8.31. The number of aromatic nitrogens is 6. The molecule has 4 aromatic heterocycles. The summed E-state index contributed by atoms with van der Waals surface area (Å²) in [6, 6.07) is 16.5. The Kier molecular flexibility index (Phi) is 6.60. The van der Waals surface area contributed by atoms with E-state index in [1.54, 1.807) is 27.8 Å². The summed E-state index contributed by atoms with van der Waals surface area (Å²) >= 11 is 0. The number of nitrogens with one attached hydrogen (secondary N) is 1. The van der Waals surface area contributed by atoms with Crippen LogP contribution in [-0.4, -0.2) is 79.4 Å². The van der Waals surface area contributed by atoms with E-state index in [9.17, 15) is 10.1 Å². The van der Waals surface area contributed by atoms with Gasteiger partial charge in [-0.05, 0) is 17.7 Å². The summed E-state index contributed by atoms with van der Waals surface area (Å²) in [7, 11) is 1.86. The first-order valence-corrected chi connectivity index (χ1v) is 14.1. The van der Waals surface area contributed by atoms with Gasteiger partial charge >= 0.3 is 0 Å². The minimum absolute atomic E-state index is 0.0371. The molecule has 2 aliphatic heterocycles. The van der Waals surface area contributed by atoms with Crippen molar-refractivity contribution in [3.63, 3.8) is 0 Å². The molecule has 0 bridgehead atoms. The third kappa shape index (κ3) is 4.65. The second-order valence-electron chi connectivity index (χ2n) is 10.8. The second-order valence-corrected chi connectivity index (χ2v) is 10.8. The first-order chi connectivity index (χ1) is 20.6. The van der Waals surface area contributed by atoms with Crippen molar-refractivity contribution in [2.45, 2.75) is 5.92 Å². The van der Waals surface area contributed by atoms with E-state index in [1.165, 1.54) is 5.56 Å². The number of aryl methyl sites for hydroxylation is 1. The van der Waals surface area contributed by atoms with Crippen molar-refractivity contribution in [2.24, 2.45) is 13.0 Å². The summed E-state index contributed by atoms with van der Waals surface area (Å²) in [4.78, 5) is 27.4. The van der Waals surface area contributed by atoms with Crippen molar-refractivity contribution in [1.29, 1.82) is 5.26 Å². The standard InChI is InChI=1S/C31H30N10O/c1-38-19-24(16-35-38)27-20-41-30(23(13-32)15-36-41)29(37-27)22-7-8-28(34-14-22)39-9-11-40(12-10-39)31(42)26-18-33-17-25(26)21-5-3-2-4-6-21/h2-8,14-16,19-20,25-26,33H,9-12,17-18H2,1H3/t25-,26?/m0/s1. The van der Waals surface area contributed by atoms with Gasteiger partial charge in [-0.25, -0.2) is 14.5 Å². The zero-order chi connectivity index (χ0) is 28.6. The molecule has 11 nitrogen and oxygen atoms in total. The van der Waals surface area contributed by atoms with E-state index in [1.807, 2.05) is 54.7 Å². The average molecular weight is 559 g/mol. The van der Waals surface area contributed by atoms with Gasteiger partial charge < -0.3 is 15.1 Å². The van der Waals surface area contributed by atoms with Crippen LogP contribution in [0.3, 0.4) is 0 Å². The highest BCUT2D eigenvalue weighted by atomic mass is 16.2. The van der Waals surface area contributed by atoms with Crippen molar-refractivity contribution in [2.75, 3.05) is 44.2 Å².